The molecule has 2 heterocycles. The Kier molecular flexibility index (Phi) is 5.96. The maximum absolute atomic E-state index is 11.0. The summed E-state index contributed by atoms with van der Waals surface area (Å²) in [6, 6.07) is 7.86. The van der Waals surface area contributed by atoms with Crippen LogP contribution < -0.4 is 4.74 Å². The summed E-state index contributed by atoms with van der Waals surface area (Å²) in [5.41, 5.74) is 2.21. The molecular formula is C20H29N3O3. The number of ether oxygens (including phenoxy) is 2. The Bertz CT molecular complexity index is 731. The van der Waals surface area contributed by atoms with Crippen LogP contribution in [0.15, 0.2) is 24.3 Å². The van der Waals surface area contributed by atoms with Gasteiger partial charge < -0.3 is 19.6 Å². The molecule has 6 nitrogen and oxygen atoms in total. The molecule has 0 amide bonds. The topological polar surface area (TPSA) is 70.6 Å². The predicted molar refractivity (Wildman–Crippen MR) is 100 cm³/mol. The number of aromatic amines is 1. The molecule has 0 unspecified atom stereocenters. The molecule has 3 rings (SSSR count). The van der Waals surface area contributed by atoms with Crippen LogP contribution in [0.3, 0.4) is 0 Å². The molecular weight excluding hydrogens is 330 g/mol. The lowest BCUT2D eigenvalue weighted by atomic mass is 10.1. The second kappa shape index (κ2) is 8.20. The molecule has 2 N–H and O–H groups in total. The van der Waals surface area contributed by atoms with Crippen molar-refractivity contribution in [2.24, 2.45) is 0 Å². The average Bonchev–Trinajstić information content (AvgIpc) is 2.85. The molecule has 6 heteroatoms. The summed E-state index contributed by atoms with van der Waals surface area (Å²) in [6.07, 6.45) is 0.887. The van der Waals surface area contributed by atoms with Gasteiger partial charge in [-0.25, -0.2) is 4.98 Å². The van der Waals surface area contributed by atoms with E-state index in [0.717, 1.165) is 41.5 Å². The molecule has 1 fully saturated rings. The quantitative estimate of drug-likeness (QED) is 0.828. The molecule has 1 aliphatic heterocycles. The van der Waals surface area contributed by atoms with Crippen LogP contribution >= 0.6 is 0 Å². The second-order valence-electron chi connectivity index (χ2n) is 7.20. The van der Waals surface area contributed by atoms with E-state index in [2.05, 4.69) is 21.8 Å². The maximum atomic E-state index is 11.0. The van der Waals surface area contributed by atoms with E-state index < -0.39 is 5.60 Å². The van der Waals surface area contributed by atoms with Crippen LogP contribution in [0.5, 0.6) is 5.75 Å². The number of nitrogens with one attached hydrogen (secondary N) is 1. The molecule has 0 spiro atoms. The van der Waals surface area contributed by atoms with Gasteiger partial charge in [0.1, 0.15) is 23.8 Å². The monoisotopic (exact) mass is 359 g/mol. The van der Waals surface area contributed by atoms with Crippen LogP contribution in [0, 0.1) is 13.8 Å². The number of imidazole rings is 1. The third-order valence-electron chi connectivity index (χ3n) is 4.68. The smallest absolute Gasteiger partial charge is 0.134 e. The fourth-order valence-electron chi connectivity index (χ4n) is 3.24. The Morgan fingerprint density at radius 1 is 1.38 bits per heavy atom. The molecule has 0 aliphatic carbocycles. The molecule has 1 aromatic carbocycles. The number of hydrogen-bond donors (Lipinski definition) is 2. The first kappa shape index (κ1) is 18.9. The van der Waals surface area contributed by atoms with E-state index >= 15 is 0 Å². The molecule has 0 bridgehead atoms. The Hall–Kier alpha value is -1.89. The van der Waals surface area contributed by atoms with E-state index in [1.807, 2.05) is 38.1 Å². The van der Waals surface area contributed by atoms with Crippen molar-refractivity contribution in [2.75, 3.05) is 32.9 Å². The Labute approximate surface area is 155 Å². The SMILES string of the molecule is CCc1nc(CN2CCOC[C@](O)(COc3cccc(C)c3)C2)c(C)[nH]1. The Balaban J connectivity index is 1.64. The Morgan fingerprint density at radius 2 is 2.23 bits per heavy atom. The van der Waals surface area contributed by atoms with Crippen molar-refractivity contribution in [3.05, 3.63) is 47.0 Å². The van der Waals surface area contributed by atoms with Crippen molar-refractivity contribution < 1.29 is 14.6 Å². The van der Waals surface area contributed by atoms with Gasteiger partial charge >= 0.3 is 0 Å². The summed E-state index contributed by atoms with van der Waals surface area (Å²) in [5.74, 6) is 1.77. The number of nitrogens with zero attached hydrogens (tertiary/aromatic N) is 2. The van der Waals surface area contributed by atoms with E-state index in [-0.39, 0.29) is 13.2 Å². The summed E-state index contributed by atoms with van der Waals surface area (Å²) in [6.45, 7) is 9.17. The summed E-state index contributed by atoms with van der Waals surface area (Å²) in [7, 11) is 0. The molecule has 142 valence electrons. The third kappa shape index (κ3) is 4.84. The minimum absolute atomic E-state index is 0.201. The van der Waals surface area contributed by atoms with Crippen molar-refractivity contribution >= 4 is 0 Å². The molecule has 26 heavy (non-hydrogen) atoms. The summed E-state index contributed by atoms with van der Waals surface area (Å²) in [5, 5.41) is 11.0. The van der Waals surface area contributed by atoms with Crippen LogP contribution in [0.2, 0.25) is 0 Å². The standard InChI is InChI=1S/C20H29N3O3/c1-4-19-21-16(3)18(22-19)11-23-8-9-25-13-20(24,12-23)14-26-17-7-5-6-15(2)10-17/h5-7,10,24H,4,8-9,11-14H2,1-3H3,(H,21,22)/t20-/m0/s1. The minimum atomic E-state index is -1.04. The normalized spacial score (nSPS) is 21.5. The van der Waals surface area contributed by atoms with Crippen LogP contribution in [-0.2, 0) is 17.7 Å². The zero-order valence-electron chi connectivity index (χ0n) is 15.9. The first-order chi connectivity index (χ1) is 12.5. The number of rotatable bonds is 6. The van der Waals surface area contributed by atoms with E-state index in [1.165, 1.54) is 0 Å². The highest BCUT2D eigenvalue weighted by atomic mass is 16.5. The highest BCUT2D eigenvalue weighted by molar-refractivity contribution is 5.27. The number of H-pyrrole nitrogens is 1. The molecule has 1 saturated heterocycles. The van der Waals surface area contributed by atoms with Gasteiger partial charge in [0.15, 0.2) is 0 Å². The van der Waals surface area contributed by atoms with Crippen LogP contribution in [0.1, 0.15) is 29.7 Å². The summed E-state index contributed by atoms with van der Waals surface area (Å²) >= 11 is 0. The predicted octanol–water partition coefficient (Wildman–Crippen LogP) is 2.23. The highest BCUT2D eigenvalue weighted by Gasteiger charge is 2.34. The van der Waals surface area contributed by atoms with E-state index in [1.54, 1.807) is 0 Å². The zero-order chi connectivity index (χ0) is 18.6. The number of aromatic nitrogens is 2. The van der Waals surface area contributed by atoms with Gasteiger partial charge in [0, 0.05) is 31.7 Å². The third-order valence-corrected chi connectivity index (χ3v) is 4.68. The number of hydrogen-bond acceptors (Lipinski definition) is 5. The van der Waals surface area contributed by atoms with Gasteiger partial charge in [0.25, 0.3) is 0 Å². The van der Waals surface area contributed by atoms with Gasteiger partial charge in [-0.1, -0.05) is 19.1 Å². The summed E-state index contributed by atoms with van der Waals surface area (Å²) < 4.78 is 11.5. The number of aryl methyl sites for hydroxylation is 3. The lowest BCUT2D eigenvalue weighted by Gasteiger charge is -2.30. The van der Waals surface area contributed by atoms with Gasteiger partial charge in [-0.15, -0.1) is 0 Å². The van der Waals surface area contributed by atoms with E-state index in [4.69, 9.17) is 9.47 Å². The average molecular weight is 359 g/mol. The van der Waals surface area contributed by atoms with E-state index in [9.17, 15) is 5.11 Å². The molecule has 0 radical (unpaired) electrons. The van der Waals surface area contributed by atoms with Crippen molar-refractivity contribution in [2.45, 2.75) is 39.3 Å². The lowest BCUT2D eigenvalue weighted by molar-refractivity contribution is -0.0647. The van der Waals surface area contributed by atoms with E-state index in [0.29, 0.717) is 19.7 Å². The number of benzene rings is 1. The molecule has 0 saturated carbocycles. The fraction of sp³-hybridized carbons (Fsp3) is 0.550. The van der Waals surface area contributed by atoms with Crippen LogP contribution in [-0.4, -0.2) is 58.5 Å². The maximum Gasteiger partial charge on any atom is 0.134 e. The van der Waals surface area contributed by atoms with Crippen molar-refractivity contribution in [3.63, 3.8) is 0 Å². The number of β-amino-alcohol motifs (C(OH)–C–C–N with tert-alkyl or cyclic N) is 1. The fourth-order valence-corrected chi connectivity index (χ4v) is 3.24. The van der Waals surface area contributed by atoms with Gasteiger partial charge in [-0.05, 0) is 31.5 Å². The van der Waals surface area contributed by atoms with Crippen molar-refractivity contribution in [3.8, 4) is 5.75 Å². The van der Waals surface area contributed by atoms with Gasteiger partial charge in [-0.3, -0.25) is 4.90 Å². The minimum Gasteiger partial charge on any atom is -0.490 e. The van der Waals surface area contributed by atoms with Crippen molar-refractivity contribution in [1.82, 2.24) is 14.9 Å². The van der Waals surface area contributed by atoms with Crippen LogP contribution in [0.4, 0.5) is 0 Å². The lowest BCUT2D eigenvalue weighted by Crippen LogP contribution is -2.48. The van der Waals surface area contributed by atoms with Gasteiger partial charge in [0.05, 0.1) is 18.9 Å². The molecule has 1 aliphatic rings. The van der Waals surface area contributed by atoms with Crippen LogP contribution in [0.25, 0.3) is 0 Å². The highest BCUT2D eigenvalue weighted by Crippen LogP contribution is 2.19. The number of aliphatic hydroxyl groups is 1. The van der Waals surface area contributed by atoms with Gasteiger partial charge in [0.2, 0.25) is 0 Å². The summed E-state index contributed by atoms with van der Waals surface area (Å²) in [4.78, 5) is 10.2. The second-order valence-corrected chi connectivity index (χ2v) is 7.20. The molecule has 2 aromatic rings. The molecule has 1 atom stereocenters. The first-order valence-corrected chi connectivity index (χ1v) is 9.24. The first-order valence-electron chi connectivity index (χ1n) is 9.24. The largest absolute Gasteiger partial charge is 0.490 e. The molecule has 1 aromatic heterocycles. The van der Waals surface area contributed by atoms with Gasteiger partial charge in [-0.2, -0.15) is 0 Å². The van der Waals surface area contributed by atoms with Crippen molar-refractivity contribution in [1.29, 1.82) is 0 Å². The Morgan fingerprint density at radius 3 is 2.96 bits per heavy atom. The zero-order valence-corrected chi connectivity index (χ0v) is 15.9.